The van der Waals surface area contributed by atoms with Gasteiger partial charge in [-0.05, 0) is 52.9 Å². The highest BCUT2D eigenvalue weighted by Crippen LogP contribution is 2.35. The molecule has 0 atom stereocenters. The number of aliphatic hydroxyl groups is 2. The monoisotopic (exact) mass is 439 g/mol. The summed E-state index contributed by atoms with van der Waals surface area (Å²) in [6.07, 6.45) is 2.39. The first-order valence-electron chi connectivity index (χ1n) is 11.4. The topological polar surface area (TPSA) is 45.4 Å². The van der Waals surface area contributed by atoms with Crippen LogP contribution in [0.4, 0.5) is 0 Å². The first kappa shape index (κ1) is 24.2. The van der Waals surface area contributed by atoms with E-state index in [0.29, 0.717) is 0 Å². The molecule has 5 aromatic rings. The summed E-state index contributed by atoms with van der Waals surface area (Å²) in [5.41, 5.74) is 7.75. The van der Waals surface area contributed by atoms with Crippen molar-refractivity contribution in [1.82, 2.24) is 4.57 Å². The number of rotatable bonds is 5. The van der Waals surface area contributed by atoms with Crippen LogP contribution in [0, 0.1) is 0 Å². The van der Waals surface area contributed by atoms with E-state index >= 15 is 0 Å². The molecular weight excluding hydrogens is 406 g/mol. The summed E-state index contributed by atoms with van der Waals surface area (Å²) in [4.78, 5) is 0. The Kier molecular flexibility index (Phi) is 8.82. The number of unbranched alkanes of at least 4 members (excludes halogenated alkanes) is 1. The van der Waals surface area contributed by atoms with Crippen LogP contribution in [0.5, 0.6) is 0 Å². The summed E-state index contributed by atoms with van der Waals surface area (Å²) in [6, 6.07) is 35.2. The first-order chi connectivity index (χ1) is 16.3. The lowest BCUT2D eigenvalue weighted by Crippen LogP contribution is -1.97. The summed E-state index contributed by atoms with van der Waals surface area (Å²) in [5.74, 6) is 0. The molecule has 0 aliphatic rings. The van der Waals surface area contributed by atoms with Crippen molar-refractivity contribution in [1.29, 1.82) is 0 Å². The smallest absolute Gasteiger partial charge is 0.0491 e. The molecule has 0 fully saturated rings. The van der Waals surface area contributed by atoms with Crippen LogP contribution >= 0.6 is 0 Å². The lowest BCUT2D eigenvalue weighted by Gasteiger charge is -2.07. The summed E-state index contributed by atoms with van der Waals surface area (Å²) in [5, 5.41) is 16.7. The highest BCUT2D eigenvalue weighted by Gasteiger charge is 2.13. The van der Waals surface area contributed by atoms with Gasteiger partial charge in [-0.15, -0.1) is 0 Å². The molecule has 3 heteroatoms. The van der Waals surface area contributed by atoms with Gasteiger partial charge >= 0.3 is 0 Å². The van der Waals surface area contributed by atoms with E-state index in [0.717, 1.165) is 20.8 Å². The molecule has 0 saturated carbocycles. The molecule has 0 spiro atoms. The average molecular weight is 440 g/mol. The van der Waals surface area contributed by atoms with Crippen molar-refractivity contribution < 1.29 is 10.2 Å². The number of aryl methyl sites for hydroxylation is 1. The van der Waals surface area contributed by atoms with Crippen LogP contribution in [0.15, 0.2) is 97.1 Å². The molecule has 1 heterocycles. The number of hydrogen-bond acceptors (Lipinski definition) is 2. The highest BCUT2D eigenvalue weighted by atomic mass is 16.2. The van der Waals surface area contributed by atoms with Crippen LogP contribution in [0.1, 0.15) is 19.8 Å². The molecule has 0 amide bonds. The van der Waals surface area contributed by atoms with Crippen molar-refractivity contribution in [2.45, 2.75) is 26.3 Å². The molecular formula is C30H33NO2. The number of nitrogens with zero attached hydrogens (tertiary/aromatic N) is 1. The lowest BCUT2D eigenvalue weighted by molar-refractivity contribution is 0.399. The molecule has 170 valence electrons. The Morgan fingerprint density at radius 2 is 0.970 bits per heavy atom. The molecule has 3 nitrogen and oxygen atoms in total. The van der Waals surface area contributed by atoms with E-state index in [-0.39, 0.29) is 0 Å². The van der Waals surface area contributed by atoms with Crippen molar-refractivity contribution in [3.05, 3.63) is 97.1 Å². The Morgan fingerprint density at radius 1 is 0.545 bits per heavy atom. The van der Waals surface area contributed by atoms with Crippen LogP contribution < -0.4 is 0 Å². The van der Waals surface area contributed by atoms with Crippen LogP contribution in [0.3, 0.4) is 0 Å². The van der Waals surface area contributed by atoms with E-state index in [1.165, 1.54) is 56.9 Å². The van der Waals surface area contributed by atoms with Crippen LogP contribution in [0.2, 0.25) is 0 Å². The maximum Gasteiger partial charge on any atom is 0.0491 e. The number of aliphatic hydroxyl groups excluding tert-OH is 2. The molecule has 0 radical (unpaired) electrons. The number of benzene rings is 4. The van der Waals surface area contributed by atoms with E-state index < -0.39 is 0 Å². The highest BCUT2D eigenvalue weighted by molar-refractivity contribution is 6.10. The minimum absolute atomic E-state index is 1.00. The average Bonchev–Trinajstić information content (AvgIpc) is 3.23. The minimum Gasteiger partial charge on any atom is -0.400 e. The van der Waals surface area contributed by atoms with Gasteiger partial charge in [0.25, 0.3) is 0 Å². The van der Waals surface area contributed by atoms with Gasteiger partial charge < -0.3 is 14.8 Å². The third-order valence-corrected chi connectivity index (χ3v) is 5.81. The molecule has 2 N–H and O–H groups in total. The lowest BCUT2D eigenvalue weighted by atomic mass is 10.0. The fourth-order valence-corrected chi connectivity index (χ4v) is 4.28. The SMILES string of the molecule is CCCCn1c2ccc(-c3ccccc3)cc2c2cc(-c3ccccc3)ccc21.CO.CO. The quantitative estimate of drug-likeness (QED) is 0.305. The Balaban J connectivity index is 0.000000728. The first-order valence-corrected chi connectivity index (χ1v) is 11.4. The fourth-order valence-electron chi connectivity index (χ4n) is 4.28. The Morgan fingerprint density at radius 3 is 1.36 bits per heavy atom. The third-order valence-electron chi connectivity index (χ3n) is 5.81. The molecule has 4 aromatic carbocycles. The Labute approximate surface area is 196 Å². The van der Waals surface area contributed by atoms with Crippen LogP contribution in [-0.4, -0.2) is 29.0 Å². The van der Waals surface area contributed by atoms with Crippen LogP contribution in [0.25, 0.3) is 44.1 Å². The second-order valence-electron chi connectivity index (χ2n) is 7.70. The summed E-state index contributed by atoms with van der Waals surface area (Å²) < 4.78 is 2.50. The van der Waals surface area contributed by atoms with Gasteiger partial charge in [0.2, 0.25) is 0 Å². The maximum absolute atomic E-state index is 7.00. The van der Waals surface area contributed by atoms with E-state index in [4.69, 9.17) is 10.2 Å². The zero-order chi connectivity index (χ0) is 23.6. The zero-order valence-corrected chi connectivity index (χ0v) is 19.7. The Hall–Kier alpha value is -3.40. The maximum atomic E-state index is 7.00. The molecule has 0 aliphatic heterocycles. The number of hydrogen-bond donors (Lipinski definition) is 2. The summed E-state index contributed by atoms with van der Waals surface area (Å²) in [6.45, 7) is 3.32. The van der Waals surface area contributed by atoms with Crippen molar-refractivity contribution in [2.24, 2.45) is 0 Å². The number of fused-ring (bicyclic) bond motifs is 3. The van der Waals surface area contributed by atoms with E-state index in [1.807, 2.05) is 0 Å². The molecule has 1 aromatic heterocycles. The Bertz CT molecular complexity index is 1180. The van der Waals surface area contributed by atoms with Crippen molar-refractivity contribution in [3.63, 3.8) is 0 Å². The van der Waals surface area contributed by atoms with Gasteiger partial charge in [-0.25, -0.2) is 0 Å². The zero-order valence-electron chi connectivity index (χ0n) is 19.7. The molecule has 0 aliphatic carbocycles. The summed E-state index contributed by atoms with van der Waals surface area (Å²) >= 11 is 0. The molecule has 5 rings (SSSR count). The minimum atomic E-state index is 1.00. The number of aromatic nitrogens is 1. The van der Waals surface area contributed by atoms with E-state index in [1.54, 1.807) is 0 Å². The molecule has 0 bridgehead atoms. The third kappa shape index (κ3) is 5.16. The molecule has 0 saturated heterocycles. The molecule has 33 heavy (non-hydrogen) atoms. The van der Waals surface area contributed by atoms with E-state index in [9.17, 15) is 0 Å². The second kappa shape index (κ2) is 12.0. The van der Waals surface area contributed by atoms with Gasteiger partial charge in [0.05, 0.1) is 0 Å². The van der Waals surface area contributed by atoms with Gasteiger partial charge in [0.1, 0.15) is 0 Å². The van der Waals surface area contributed by atoms with Crippen LogP contribution in [-0.2, 0) is 6.54 Å². The summed E-state index contributed by atoms with van der Waals surface area (Å²) in [7, 11) is 2.00. The standard InChI is InChI=1S/C28H25N.2CH4O/c1-2-3-18-29-27-16-14-23(21-10-6-4-7-11-21)19-25(27)26-20-24(15-17-28(26)29)22-12-8-5-9-13-22;2*1-2/h4-17,19-20H,2-3,18H2,1H3;2*2H,1H3. The normalized spacial score (nSPS) is 10.3. The predicted molar refractivity (Wildman–Crippen MR) is 142 cm³/mol. The fraction of sp³-hybridized carbons (Fsp3) is 0.200. The predicted octanol–water partition coefficient (Wildman–Crippen LogP) is 7.15. The second-order valence-corrected chi connectivity index (χ2v) is 7.70. The van der Waals surface area contributed by atoms with Crippen molar-refractivity contribution >= 4 is 21.8 Å². The van der Waals surface area contributed by atoms with Gasteiger partial charge in [0, 0.05) is 42.6 Å². The van der Waals surface area contributed by atoms with Gasteiger partial charge in [-0.1, -0.05) is 86.1 Å². The van der Waals surface area contributed by atoms with Gasteiger partial charge in [0.15, 0.2) is 0 Å². The molecule has 0 unspecified atom stereocenters. The van der Waals surface area contributed by atoms with Gasteiger partial charge in [-0.3, -0.25) is 0 Å². The van der Waals surface area contributed by atoms with Crippen molar-refractivity contribution in [3.8, 4) is 22.3 Å². The van der Waals surface area contributed by atoms with Crippen molar-refractivity contribution in [2.75, 3.05) is 14.2 Å². The van der Waals surface area contributed by atoms with E-state index in [2.05, 4.69) is 109 Å². The van der Waals surface area contributed by atoms with Gasteiger partial charge in [-0.2, -0.15) is 0 Å². The largest absolute Gasteiger partial charge is 0.400 e.